The van der Waals surface area contributed by atoms with Gasteiger partial charge in [0.2, 0.25) is 0 Å². The van der Waals surface area contributed by atoms with Crippen LogP contribution in [0.15, 0.2) is 42.6 Å². The van der Waals surface area contributed by atoms with Gasteiger partial charge in [0.1, 0.15) is 15.7 Å². The topological polar surface area (TPSA) is 90.6 Å². The van der Waals surface area contributed by atoms with Crippen molar-refractivity contribution in [2.45, 2.75) is 19.8 Å². The summed E-state index contributed by atoms with van der Waals surface area (Å²) >= 11 is 1.37. The highest BCUT2D eigenvalue weighted by Gasteiger charge is 2.17. The maximum absolute atomic E-state index is 12.7. The first-order chi connectivity index (χ1) is 15.1. The second-order valence-electron chi connectivity index (χ2n) is 6.91. The van der Waals surface area contributed by atoms with Crippen LogP contribution in [-0.4, -0.2) is 46.3 Å². The first-order valence-electron chi connectivity index (χ1n) is 9.87. The Morgan fingerprint density at radius 2 is 1.97 bits per heavy atom. The van der Waals surface area contributed by atoms with E-state index in [1.165, 1.54) is 11.3 Å². The van der Waals surface area contributed by atoms with E-state index in [1.54, 1.807) is 14.2 Å². The molecule has 4 rings (SSSR count). The quantitative estimate of drug-likeness (QED) is 0.424. The molecular weight excluding hydrogens is 414 g/mol. The van der Waals surface area contributed by atoms with E-state index >= 15 is 0 Å². The Morgan fingerprint density at radius 1 is 1.13 bits per heavy atom. The van der Waals surface area contributed by atoms with Crippen LogP contribution in [0.3, 0.4) is 0 Å². The number of amides is 1. The molecule has 4 aromatic rings. The minimum atomic E-state index is -0.118. The molecule has 31 heavy (non-hydrogen) atoms. The number of benzene rings is 1. The van der Waals surface area contributed by atoms with Gasteiger partial charge < -0.3 is 14.8 Å². The van der Waals surface area contributed by atoms with Crippen LogP contribution >= 0.6 is 11.3 Å². The molecule has 0 aliphatic carbocycles. The first kappa shape index (κ1) is 20.8. The van der Waals surface area contributed by atoms with Crippen LogP contribution in [0.1, 0.15) is 27.6 Å². The van der Waals surface area contributed by atoms with Gasteiger partial charge in [-0.25, -0.2) is 4.98 Å². The Morgan fingerprint density at radius 3 is 2.77 bits per heavy atom. The molecule has 1 aromatic carbocycles. The fraction of sp³-hybridized carbons (Fsp3) is 0.273. The van der Waals surface area contributed by atoms with Crippen LogP contribution in [0, 0.1) is 6.92 Å². The van der Waals surface area contributed by atoms with Gasteiger partial charge in [-0.2, -0.15) is 0 Å². The summed E-state index contributed by atoms with van der Waals surface area (Å²) in [7, 11) is 3.19. The monoisotopic (exact) mass is 437 g/mol. The molecule has 9 heteroatoms. The summed E-state index contributed by atoms with van der Waals surface area (Å²) in [5.74, 6) is 2.04. The summed E-state index contributed by atoms with van der Waals surface area (Å²) in [4.78, 5) is 17.9. The molecule has 0 fully saturated rings. The number of ether oxygens (including phenoxy) is 2. The molecule has 0 aliphatic heterocycles. The molecule has 160 valence electrons. The van der Waals surface area contributed by atoms with Crippen molar-refractivity contribution >= 4 is 22.9 Å². The Bertz CT molecular complexity index is 1220. The van der Waals surface area contributed by atoms with Gasteiger partial charge in [-0.3, -0.25) is 9.20 Å². The molecule has 0 atom stereocenters. The number of pyridine rings is 1. The van der Waals surface area contributed by atoms with Gasteiger partial charge in [-0.1, -0.05) is 6.07 Å². The van der Waals surface area contributed by atoms with Crippen molar-refractivity contribution in [2.75, 3.05) is 20.8 Å². The number of fused-ring (bicyclic) bond motifs is 1. The largest absolute Gasteiger partial charge is 0.493 e. The van der Waals surface area contributed by atoms with Crippen LogP contribution in [0.4, 0.5) is 0 Å². The number of thiazole rings is 1. The second kappa shape index (κ2) is 9.13. The Kier molecular flexibility index (Phi) is 6.13. The van der Waals surface area contributed by atoms with E-state index in [4.69, 9.17) is 9.47 Å². The van der Waals surface area contributed by atoms with Crippen molar-refractivity contribution in [3.63, 3.8) is 0 Å². The van der Waals surface area contributed by atoms with Crippen LogP contribution < -0.4 is 14.8 Å². The molecule has 0 saturated heterocycles. The molecule has 0 saturated carbocycles. The molecule has 1 amide bonds. The van der Waals surface area contributed by atoms with E-state index in [0.29, 0.717) is 28.6 Å². The maximum atomic E-state index is 12.7. The van der Waals surface area contributed by atoms with Crippen LogP contribution in [0.2, 0.25) is 0 Å². The number of aromatic nitrogens is 4. The summed E-state index contributed by atoms with van der Waals surface area (Å²) in [6, 6.07) is 11.4. The van der Waals surface area contributed by atoms with Gasteiger partial charge in [0.15, 0.2) is 17.1 Å². The Balaban J connectivity index is 1.38. The molecular formula is C22H23N5O3S. The summed E-state index contributed by atoms with van der Waals surface area (Å²) < 4.78 is 12.6. The minimum Gasteiger partial charge on any atom is -0.493 e. The van der Waals surface area contributed by atoms with E-state index < -0.39 is 0 Å². The van der Waals surface area contributed by atoms with Crippen LogP contribution in [0.25, 0.3) is 16.2 Å². The lowest BCUT2D eigenvalue weighted by molar-refractivity contribution is 0.0956. The summed E-state index contributed by atoms with van der Waals surface area (Å²) in [6.07, 6.45) is 3.44. The summed E-state index contributed by atoms with van der Waals surface area (Å²) in [5.41, 5.74) is 2.41. The number of hydrogen-bond donors (Lipinski definition) is 1. The zero-order valence-corrected chi connectivity index (χ0v) is 18.4. The third-order valence-corrected chi connectivity index (χ3v) is 6.09. The SMILES string of the molecule is COc1ccc(-c2nc(C)c(C(=O)NCCCc3nnc4ccccn34)s2)cc1OC. The summed E-state index contributed by atoms with van der Waals surface area (Å²) in [6.45, 7) is 2.39. The third kappa shape index (κ3) is 4.36. The highest BCUT2D eigenvalue weighted by Crippen LogP contribution is 2.34. The molecule has 1 N–H and O–H groups in total. The maximum Gasteiger partial charge on any atom is 0.263 e. The average Bonchev–Trinajstić information content (AvgIpc) is 3.39. The predicted octanol–water partition coefficient (Wildman–Crippen LogP) is 3.54. The Labute approximate surface area is 183 Å². The number of hydrogen-bond acceptors (Lipinski definition) is 7. The van der Waals surface area contributed by atoms with Gasteiger partial charge >= 0.3 is 0 Å². The molecule has 0 aliphatic rings. The number of methoxy groups -OCH3 is 2. The lowest BCUT2D eigenvalue weighted by atomic mass is 10.2. The number of nitrogens with zero attached hydrogens (tertiary/aromatic N) is 4. The summed E-state index contributed by atoms with van der Waals surface area (Å²) in [5, 5.41) is 12.1. The molecule has 0 radical (unpaired) electrons. The minimum absolute atomic E-state index is 0.118. The fourth-order valence-corrected chi connectivity index (χ4v) is 4.27. The van der Waals surface area contributed by atoms with E-state index in [-0.39, 0.29) is 5.91 Å². The number of carbonyl (C=O) groups excluding carboxylic acids is 1. The van der Waals surface area contributed by atoms with Crippen molar-refractivity contribution in [3.8, 4) is 22.1 Å². The highest BCUT2D eigenvalue weighted by atomic mass is 32.1. The number of nitrogens with one attached hydrogen (secondary N) is 1. The lowest BCUT2D eigenvalue weighted by Gasteiger charge is -2.08. The average molecular weight is 438 g/mol. The Hall–Kier alpha value is -3.46. The van der Waals surface area contributed by atoms with Crippen molar-refractivity contribution in [2.24, 2.45) is 0 Å². The fourth-order valence-electron chi connectivity index (χ4n) is 3.29. The van der Waals surface area contributed by atoms with Crippen molar-refractivity contribution in [1.82, 2.24) is 24.9 Å². The zero-order chi connectivity index (χ0) is 21.8. The van der Waals surface area contributed by atoms with E-state index in [0.717, 1.165) is 34.9 Å². The molecule has 0 spiro atoms. The van der Waals surface area contributed by atoms with Gasteiger partial charge in [0.05, 0.1) is 19.9 Å². The van der Waals surface area contributed by atoms with E-state index in [9.17, 15) is 4.79 Å². The molecule has 3 heterocycles. The zero-order valence-electron chi connectivity index (χ0n) is 17.6. The van der Waals surface area contributed by atoms with Crippen molar-refractivity contribution < 1.29 is 14.3 Å². The predicted molar refractivity (Wildman–Crippen MR) is 119 cm³/mol. The first-order valence-corrected chi connectivity index (χ1v) is 10.7. The number of rotatable bonds is 8. The van der Waals surface area contributed by atoms with Gasteiger partial charge in [-0.05, 0) is 43.7 Å². The van der Waals surface area contributed by atoms with Gasteiger partial charge in [-0.15, -0.1) is 21.5 Å². The van der Waals surface area contributed by atoms with Gasteiger partial charge in [0.25, 0.3) is 5.91 Å². The van der Waals surface area contributed by atoms with E-state index in [1.807, 2.05) is 53.9 Å². The van der Waals surface area contributed by atoms with Crippen LogP contribution in [-0.2, 0) is 6.42 Å². The normalized spacial score (nSPS) is 10.9. The number of carbonyl (C=O) groups is 1. The highest BCUT2D eigenvalue weighted by molar-refractivity contribution is 7.17. The van der Waals surface area contributed by atoms with Gasteiger partial charge in [0, 0.05) is 24.7 Å². The second-order valence-corrected chi connectivity index (χ2v) is 7.91. The molecule has 0 bridgehead atoms. The van der Waals surface area contributed by atoms with Crippen molar-refractivity contribution in [1.29, 1.82) is 0 Å². The number of aryl methyl sites for hydroxylation is 2. The molecule has 8 nitrogen and oxygen atoms in total. The smallest absolute Gasteiger partial charge is 0.263 e. The van der Waals surface area contributed by atoms with Crippen LogP contribution in [0.5, 0.6) is 11.5 Å². The van der Waals surface area contributed by atoms with Crippen molar-refractivity contribution in [3.05, 3.63) is 59.0 Å². The lowest BCUT2D eigenvalue weighted by Crippen LogP contribution is -2.24. The third-order valence-electron chi connectivity index (χ3n) is 4.88. The standard InChI is InChI=1S/C22H23N5O3S/c1-14-20(31-22(24-14)15-9-10-16(29-2)17(13-15)30-3)21(28)23-11-6-8-19-26-25-18-7-4-5-12-27(18)19/h4-5,7,9-10,12-13H,6,8,11H2,1-3H3,(H,23,28). The molecule has 3 aromatic heterocycles. The van der Waals surface area contributed by atoms with E-state index in [2.05, 4.69) is 20.5 Å². The molecule has 0 unspecified atom stereocenters.